The van der Waals surface area contributed by atoms with Crippen LogP contribution in [0.5, 0.6) is 0 Å². The van der Waals surface area contributed by atoms with Crippen molar-refractivity contribution in [3.8, 4) is 0 Å². The van der Waals surface area contributed by atoms with Crippen LogP contribution in [0.25, 0.3) is 0 Å². The van der Waals surface area contributed by atoms with Gasteiger partial charge < -0.3 is 20.4 Å². The van der Waals surface area contributed by atoms with Crippen LogP contribution in [0.4, 0.5) is 0 Å². The third kappa shape index (κ3) is 10000. The normalized spacial score (nSPS) is 5.73. The molecule has 0 aromatic rings. The molecule has 0 radical (unpaired) electrons. The van der Waals surface area contributed by atoms with Crippen molar-refractivity contribution < 1.29 is 51.7 Å². The van der Waals surface area contributed by atoms with Crippen LogP contribution in [0, 0.1) is 0 Å². The van der Waals surface area contributed by atoms with Crippen molar-refractivity contribution in [2.75, 3.05) is 13.2 Å². The number of hydrogen-bond donors (Lipinski definition) is 4. The molecule has 0 bridgehead atoms. The standard InChI is InChI=1S/2C2H4O2.2C2H6O.Ti/c2*1-2(3)4;2*1-2-3;/h2*1H3,(H,3,4);2*3H,2H2,1H3;. The summed E-state index contributed by atoms with van der Waals surface area (Å²) < 4.78 is 0. The Bertz CT molecular complexity index is 95.7. The number of aliphatic hydroxyl groups is 2. The molecule has 4 N–H and O–H groups in total. The molecule has 0 atom stereocenters. The second kappa shape index (κ2) is 37.4. The molecule has 0 fully saturated rings. The van der Waals surface area contributed by atoms with Crippen molar-refractivity contribution in [3.63, 3.8) is 0 Å². The minimum Gasteiger partial charge on any atom is -0.481 e. The van der Waals surface area contributed by atoms with Crippen LogP contribution in [0.2, 0.25) is 0 Å². The first-order valence-electron chi connectivity index (χ1n) is 3.90. The predicted molar refractivity (Wildman–Crippen MR) is 52.1 cm³/mol. The molecule has 0 aliphatic carbocycles. The van der Waals surface area contributed by atoms with Crippen LogP contribution >= 0.6 is 0 Å². The van der Waals surface area contributed by atoms with E-state index in [0.717, 1.165) is 13.8 Å². The molecule has 0 saturated heterocycles. The first kappa shape index (κ1) is 29.3. The van der Waals surface area contributed by atoms with E-state index in [1.165, 1.54) is 0 Å². The monoisotopic (exact) mass is 260 g/mol. The third-order valence-corrected chi connectivity index (χ3v) is 0. The van der Waals surface area contributed by atoms with Crippen LogP contribution in [-0.2, 0) is 31.3 Å². The molecule has 0 aliphatic rings. The maximum atomic E-state index is 9.00. The van der Waals surface area contributed by atoms with Gasteiger partial charge >= 0.3 is 0 Å². The van der Waals surface area contributed by atoms with E-state index in [0.29, 0.717) is 0 Å². The van der Waals surface area contributed by atoms with Gasteiger partial charge in [0.05, 0.1) is 0 Å². The van der Waals surface area contributed by atoms with Crippen molar-refractivity contribution >= 4 is 11.9 Å². The minimum atomic E-state index is -0.833. The van der Waals surface area contributed by atoms with Gasteiger partial charge in [0.25, 0.3) is 11.9 Å². The Morgan fingerprint density at radius 3 is 0.867 bits per heavy atom. The molecule has 0 unspecified atom stereocenters. The maximum Gasteiger partial charge on any atom is 0.300 e. The summed E-state index contributed by atoms with van der Waals surface area (Å²) in [6, 6.07) is 0. The Morgan fingerprint density at radius 2 is 0.867 bits per heavy atom. The number of carboxylic acid groups (broad SMARTS) is 2. The van der Waals surface area contributed by atoms with Gasteiger partial charge in [0.2, 0.25) is 0 Å². The zero-order valence-corrected chi connectivity index (χ0v) is 11.1. The molecule has 92 valence electrons. The largest absolute Gasteiger partial charge is 0.481 e. The average Bonchev–Trinajstić information content (AvgIpc) is 1.85. The van der Waals surface area contributed by atoms with Crippen LogP contribution < -0.4 is 0 Å². The molecule has 7 heteroatoms. The Labute approximate surface area is 105 Å². The Morgan fingerprint density at radius 1 is 0.867 bits per heavy atom. The molecule has 15 heavy (non-hydrogen) atoms. The molecule has 0 aromatic heterocycles. The van der Waals surface area contributed by atoms with Gasteiger partial charge in [-0.15, -0.1) is 0 Å². The molecule has 0 aliphatic heterocycles. The SMILES string of the molecule is CC(=O)O.CC(=O)O.CCO.CCO.[Ti]. The molecule has 0 heterocycles. The summed E-state index contributed by atoms with van der Waals surface area (Å²) in [5, 5.41) is 30.0. The number of aliphatic hydroxyl groups excluding tert-OH is 2. The summed E-state index contributed by atoms with van der Waals surface area (Å²) in [4.78, 5) is 18.0. The maximum absolute atomic E-state index is 9.00. The second-order valence-electron chi connectivity index (χ2n) is 1.67. The van der Waals surface area contributed by atoms with Crippen molar-refractivity contribution in [3.05, 3.63) is 0 Å². The van der Waals surface area contributed by atoms with Crippen molar-refractivity contribution in [2.24, 2.45) is 0 Å². The molecule has 0 saturated carbocycles. The summed E-state index contributed by atoms with van der Waals surface area (Å²) in [5.41, 5.74) is 0. The molecule has 0 aromatic carbocycles. The molecular formula is C8H20O6Ti. The van der Waals surface area contributed by atoms with Gasteiger partial charge in [-0.2, -0.15) is 0 Å². The van der Waals surface area contributed by atoms with Crippen molar-refractivity contribution in [1.82, 2.24) is 0 Å². The van der Waals surface area contributed by atoms with Gasteiger partial charge in [-0.3, -0.25) is 9.59 Å². The van der Waals surface area contributed by atoms with E-state index in [1.54, 1.807) is 13.8 Å². The first-order valence-corrected chi connectivity index (χ1v) is 3.90. The summed E-state index contributed by atoms with van der Waals surface area (Å²) in [6.07, 6.45) is 0. The van der Waals surface area contributed by atoms with Gasteiger partial charge in [0, 0.05) is 48.8 Å². The van der Waals surface area contributed by atoms with E-state index < -0.39 is 11.9 Å². The number of carboxylic acids is 2. The van der Waals surface area contributed by atoms with Crippen LogP contribution in [0.15, 0.2) is 0 Å². The Hall–Kier alpha value is -0.426. The number of rotatable bonds is 0. The van der Waals surface area contributed by atoms with E-state index in [2.05, 4.69) is 0 Å². The van der Waals surface area contributed by atoms with E-state index in [9.17, 15) is 0 Å². The Kier molecular flexibility index (Phi) is 73.1. The zero-order chi connectivity index (χ0) is 12.6. The van der Waals surface area contributed by atoms with Crippen LogP contribution in [0.3, 0.4) is 0 Å². The molecule has 0 amide bonds. The van der Waals surface area contributed by atoms with Gasteiger partial charge in [-0.1, -0.05) is 0 Å². The van der Waals surface area contributed by atoms with E-state index >= 15 is 0 Å². The number of aliphatic carboxylic acids is 2. The van der Waals surface area contributed by atoms with Crippen molar-refractivity contribution in [2.45, 2.75) is 27.7 Å². The summed E-state index contributed by atoms with van der Waals surface area (Å²) in [6.45, 7) is 6.03. The zero-order valence-electron chi connectivity index (χ0n) is 9.52. The summed E-state index contributed by atoms with van der Waals surface area (Å²) in [5.74, 6) is -1.67. The molecular weight excluding hydrogens is 240 g/mol. The second-order valence-corrected chi connectivity index (χ2v) is 1.67. The quantitative estimate of drug-likeness (QED) is 0.462. The van der Waals surface area contributed by atoms with E-state index in [1.807, 2.05) is 0 Å². The number of carbonyl (C=O) groups is 2. The summed E-state index contributed by atoms with van der Waals surface area (Å²) in [7, 11) is 0. The molecule has 0 rings (SSSR count). The van der Waals surface area contributed by atoms with Crippen LogP contribution in [0.1, 0.15) is 27.7 Å². The third-order valence-electron chi connectivity index (χ3n) is 0. The summed E-state index contributed by atoms with van der Waals surface area (Å²) >= 11 is 0. The molecule has 0 spiro atoms. The van der Waals surface area contributed by atoms with Gasteiger partial charge in [0.15, 0.2) is 0 Å². The first-order chi connectivity index (χ1) is 6.29. The smallest absolute Gasteiger partial charge is 0.300 e. The van der Waals surface area contributed by atoms with Gasteiger partial charge in [0.1, 0.15) is 0 Å². The van der Waals surface area contributed by atoms with Gasteiger partial charge in [-0.25, -0.2) is 0 Å². The van der Waals surface area contributed by atoms with Crippen molar-refractivity contribution in [1.29, 1.82) is 0 Å². The topological polar surface area (TPSA) is 115 Å². The van der Waals surface area contributed by atoms with Crippen LogP contribution in [-0.4, -0.2) is 45.6 Å². The van der Waals surface area contributed by atoms with E-state index in [-0.39, 0.29) is 34.9 Å². The predicted octanol–water partition coefficient (Wildman–Crippen LogP) is 0.176. The fourth-order valence-electron chi connectivity index (χ4n) is 0. The van der Waals surface area contributed by atoms with Gasteiger partial charge in [-0.05, 0) is 13.8 Å². The minimum absolute atomic E-state index is 0. The Balaban J connectivity index is -0.0000000293. The van der Waals surface area contributed by atoms with E-state index in [4.69, 9.17) is 30.0 Å². The number of hydrogen-bond acceptors (Lipinski definition) is 4. The fraction of sp³-hybridized carbons (Fsp3) is 0.750. The average molecular weight is 260 g/mol. The molecule has 6 nitrogen and oxygen atoms in total. The fourth-order valence-corrected chi connectivity index (χ4v) is 0.